The number of amides is 1. The van der Waals surface area contributed by atoms with Gasteiger partial charge in [-0.15, -0.1) is 0 Å². The van der Waals surface area contributed by atoms with E-state index in [0.717, 1.165) is 74.0 Å². The number of halogens is 1. The largest absolute Gasteiger partial charge is 0.377 e. The van der Waals surface area contributed by atoms with Crippen molar-refractivity contribution in [1.82, 2.24) is 14.6 Å². The molecule has 7 nitrogen and oxygen atoms in total. The van der Waals surface area contributed by atoms with Gasteiger partial charge in [-0.3, -0.25) is 4.79 Å². The summed E-state index contributed by atoms with van der Waals surface area (Å²) in [5, 5.41) is 4.31. The molecule has 3 aromatic rings. The number of primary amides is 1. The minimum atomic E-state index is -0.932. The maximum Gasteiger partial charge on any atom is 0.250 e. The first kappa shape index (κ1) is 26.0. The zero-order valence-electron chi connectivity index (χ0n) is 21.2. The number of carbonyl (C=O) groups excluding carboxylic acids is 1. The number of benzene rings is 2. The smallest absolute Gasteiger partial charge is 0.250 e. The summed E-state index contributed by atoms with van der Waals surface area (Å²) in [6, 6.07) is 8.77. The molecule has 0 bridgehead atoms. The summed E-state index contributed by atoms with van der Waals surface area (Å²) in [5.74, 6) is 0.0590. The van der Waals surface area contributed by atoms with E-state index in [1.54, 1.807) is 6.07 Å². The number of H-pyrrole nitrogens is 1. The monoisotopic (exact) mass is 526 g/mol. The van der Waals surface area contributed by atoms with Gasteiger partial charge in [0, 0.05) is 50.1 Å². The van der Waals surface area contributed by atoms with Gasteiger partial charge in [0.15, 0.2) is 0 Å². The van der Waals surface area contributed by atoms with Gasteiger partial charge in [-0.2, -0.15) is 0 Å². The van der Waals surface area contributed by atoms with Crippen molar-refractivity contribution in [2.75, 3.05) is 32.0 Å². The summed E-state index contributed by atoms with van der Waals surface area (Å²) in [5.41, 5.74) is 10.3. The SMILES string of the molecule is CCS(=O)N1CCC(c2c[nH]c3c(C(N)=O)cc(-c4cc(F)cc(CNC[C@@H]5CCCO5)c4)cc23)CC1. The summed E-state index contributed by atoms with van der Waals surface area (Å²) < 4.78 is 34.6. The third-order valence-corrected chi connectivity index (χ3v) is 8.97. The molecule has 5 rings (SSSR count). The van der Waals surface area contributed by atoms with Gasteiger partial charge in [-0.25, -0.2) is 12.9 Å². The number of rotatable bonds is 9. The molecular weight excluding hydrogens is 491 g/mol. The minimum absolute atomic E-state index is 0.217. The van der Waals surface area contributed by atoms with Crippen LogP contribution in [0, 0.1) is 5.82 Å². The number of aromatic amines is 1. The molecule has 2 saturated heterocycles. The summed E-state index contributed by atoms with van der Waals surface area (Å²) in [4.78, 5) is 15.7. The lowest BCUT2D eigenvalue weighted by atomic mass is 9.88. The molecule has 1 amide bonds. The lowest BCUT2D eigenvalue weighted by Crippen LogP contribution is -2.35. The Hall–Kier alpha value is -2.59. The molecule has 1 unspecified atom stereocenters. The number of fused-ring (bicyclic) bond motifs is 1. The van der Waals surface area contributed by atoms with Gasteiger partial charge in [0.1, 0.15) is 5.82 Å². The van der Waals surface area contributed by atoms with E-state index in [9.17, 15) is 13.4 Å². The molecule has 0 saturated carbocycles. The van der Waals surface area contributed by atoms with E-state index in [1.165, 1.54) is 12.1 Å². The van der Waals surface area contributed by atoms with Crippen LogP contribution >= 0.6 is 0 Å². The van der Waals surface area contributed by atoms with Crippen LogP contribution < -0.4 is 11.1 Å². The zero-order chi connectivity index (χ0) is 25.9. The van der Waals surface area contributed by atoms with Crippen LogP contribution in [0.2, 0.25) is 0 Å². The van der Waals surface area contributed by atoms with E-state index in [0.29, 0.717) is 28.9 Å². The minimum Gasteiger partial charge on any atom is -0.377 e. The van der Waals surface area contributed by atoms with Gasteiger partial charge >= 0.3 is 0 Å². The molecule has 0 spiro atoms. The van der Waals surface area contributed by atoms with Crippen LogP contribution in [-0.2, 0) is 22.3 Å². The van der Waals surface area contributed by atoms with Crippen molar-refractivity contribution in [1.29, 1.82) is 0 Å². The van der Waals surface area contributed by atoms with Crippen LogP contribution in [0.4, 0.5) is 4.39 Å². The Morgan fingerprint density at radius 1 is 1.19 bits per heavy atom. The van der Waals surface area contributed by atoms with E-state index >= 15 is 0 Å². The third-order valence-electron chi connectivity index (χ3n) is 7.53. The normalized spacial score (nSPS) is 20.0. The van der Waals surface area contributed by atoms with E-state index in [-0.39, 0.29) is 17.8 Å². The zero-order valence-corrected chi connectivity index (χ0v) is 22.0. The van der Waals surface area contributed by atoms with Crippen molar-refractivity contribution in [3.05, 3.63) is 59.0 Å². The lowest BCUT2D eigenvalue weighted by molar-refractivity contribution is 0.100. The second kappa shape index (κ2) is 11.4. The molecule has 0 aliphatic carbocycles. The Balaban J connectivity index is 1.43. The number of nitrogens with zero attached hydrogens (tertiary/aromatic N) is 1. The summed E-state index contributed by atoms with van der Waals surface area (Å²) in [6.07, 6.45) is 6.08. The molecule has 2 aliphatic heterocycles. The lowest BCUT2D eigenvalue weighted by Gasteiger charge is -2.30. The highest BCUT2D eigenvalue weighted by atomic mass is 32.2. The van der Waals surface area contributed by atoms with E-state index in [4.69, 9.17) is 10.5 Å². The van der Waals surface area contributed by atoms with Crippen LogP contribution in [0.5, 0.6) is 0 Å². The number of piperidine rings is 1. The Kier molecular flexibility index (Phi) is 8.04. The van der Waals surface area contributed by atoms with Crippen molar-refractivity contribution in [2.45, 2.75) is 51.2 Å². The first-order valence-corrected chi connectivity index (χ1v) is 14.4. The molecule has 3 heterocycles. The number of nitrogens with one attached hydrogen (secondary N) is 2. The molecule has 9 heteroatoms. The fourth-order valence-corrected chi connectivity index (χ4v) is 6.59. The first-order valence-electron chi connectivity index (χ1n) is 13.1. The Labute approximate surface area is 219 Å². The number of hydrogen-bond donors (Lipinski definition) is 3. The molecule has 0 radical (unpaired) electrons. The quantitative estimate of drug-likeness (QED) is 0.389. The first-order chi connectivity index (χ1) is 17.9. The van der Waals surface area contributed by atoms with Gasteiger partial charge in [0.2, 0.25) is 0 Å². The van der Waals surface area contributed by atoms with Gasteiger partial charge in [-0.1, -0.05) is 6.92 Å². The average molecular weight is 527 g/mol. The van der Waals surface area contributed by atoms with Gasteiger partial charge in [0.25, 0.3) is 5.91 Å². The molecule has 37 heavy (non-hydrogen) atoms. The maximum atomic E-state index is 14.7. The second-order valence-corrected chi connectivity index (χ2v) is 11.7. The molecule has 4 N–H and O–H groups in total. The number of ether oxygens (including phenoxy) is 1. The average Bonchev–Trinajstić information content (AvgIpc) is 3.57. The van der Waals surface area contributed by atoms with Crippen molar-refractivity contribution in [3.63, 3.8) is 0 Å². The van der Waals surface area contributed by atoms with E-state index in [1.807, 2.05) is 29.6 Å². The van der Waals surface area contributed by atoms with Crippen LogP contribution in [0.15, 0.2) is 36.5 Å². The third kappa shape index (κ3) is 5.80. The number of aromatic nitrogens is 1. The highest BCUT2D eigenvalue weighted by molar-refractivity contribution is 7.82. The number of hydrogen-bond acceptors (Lipinski definition) is 4. The highest BCUT2D eigenvalue weighted by Gasteiger charge is 2.26. The van der Waals surface area contributed by atoms with Crippen LogP contribution in [0.25, 0.3) is 22.0 Å². The van der Waals surface area contributed by atoms with Crippen LogP contribution in [0.1, 0.15) is 60.0 Å². The van der Waals surface area contributed by atoms with Crippen LogP contribution in [0.3, 0.4) is 0 Å². The molecule has 2 atom stereocenters. The maximum absolute atomic E-state index is 14.7. The summed E-state index contributed by atoms with van der Waals surface area (Å²) in [7, 11) is -0.932. The number of nitrogens with two attached hydrogens (primary N) is 1. The molecule has 2 aliphatic rings. The fraction of sp³-hybridized carbons (Fsp3) is 0.464. The van der Waals surface area contributed by atoms with Crippen molar-refractivity contribution >= 4 is 27.8 Å². The van der Waals surface area contributed by atoms with E-state index < -0.39 is 16.9 Å². The van der Waals surface area contributed by atoms with Gasteiger partial charge < -0.3 is 20.8 Å². The van der Waals surface area contributed by atoms with E-state index in [2.05, 4.69) is 10.3 Å². The van der Waals surface area contributed by atoms with Crippen molar-refractivity contribution < 1.29 is 18.1 Å². The Morgan fingerprint density at radius 3 is 2.68 bits per heavy atom. The summed E-state index contributed by atoms with van der Waals surface area (Å²) >= 11 is 0. The Bertz CT molecular complexity index is 1300. The molecule has 2 aromatic carbocycles. The predicted octanol–water partition coefficient (Wildman–Crippen LogP) is 4.20. The van der Waals surface area contributed by atoms with Crippen molar-refractivity contribution in [3.8, 4) is 11.1 Å². The van der Waals surface area contributed by atoms with Crippen molar-refractivity contribution in [2.24, 2.45) is 5.73 Å². The van der Waals surface area contributed by atoms with Crippen LogP contribution in [-0.4, -0.2) is 57.5 Å². The Morgan fingerprint density at radius 2 is 1.97 bits per heavy atom. The molecular formula is C28H35FN4O3S. The second-order valence-electron chi connectivity index (χ2n) is 9.98. The fourth-order valence-electron chi connectivity index (χ4n) is 5.61. The molecule has 1 aromatic heterocycles. The standard InChI is InChI=1S/C28H35FN4O3S/c1-2-37(35)33-7-5-19(6-8-33)26-17-32-27-24(26)13-21(14-25(27)28(30)34)20-10-18(11-22(29)12-20)15-31-16-23-4-3-9-36-23/h10-14,17,19,23,31-32H,2-9,15-16H2,1H3,(H2,30,34)/t23-,37?/m0/s1. The van der Waals surface area contributed by atoms with Gasteiger partial charge in [-0.05, 0) is 84.2 Å². The molecule has 198 valence electrons. The highest BCUT2D eigenvalue weighted by Crippen LogP contribution is 2.37. The predicted molar refractivity (Wildman–Crippen MR) is 145 cm³/mol. The van der Waals surface area contributed by atoms with Gasteiger partial charge in [0.05, 0.1) is 28.2 Å². The summed E-state index contributed by atoms with van der Waals surface area (Å²) in [6.45, 7) is 5.55. The topological polar surface area (TPSA) is 100 Å². The molecule has 2 fully saturated rings. The number of carbonyl (C=O) groups is 1.